The maximum Gasteiger partial charge on any atom is 0.435 e. The summed E-state index contributed by atoms with van der Waals surface area (Å²) in [6, 6.07) is 0. The fraction of sp³-hybridized carbons (Fsp3) is 0.444. The second-order valence-corrected chi connectivity index (χ2v) is 3.82. The van der Waals surface area contributed by atoms with Gasteiger partial charge in [0, 0.05) is 6.20 Å². The first-order valence-corrected chi connectivity index (χ1v) is 4.15. The molecule has 0 aliphatic rings. The minimum Gasteiger partial charge on any atom is -0.442 e. The van der Waals surface area contributed by atoms with E-state index in [1.165, 1.54) is 12.4 Å². The summed E-state index contributed by atoms with van der Waals surface area (Å²) < 4.78 is 6.02. The predicted molar refractivity (Wildman–Crippen MR) is 49.2 cm³/mol. The summed E-state index contributed by atoms with van der Waals surface area (Å²) in [5.41, 5.74) is -0.222. The molecule has 0 aliphatic heterocycles. The topological polar surface area (TPSA) is 61.2 Å². The number of hydrogen-bond donors (Lipinski definition) is 0. The zero-order valence-corrected chi connectivity index (χ0v) is 8.35. The van der Waals surface area contributed by atoms with E-state index in [0.717, 1.165) is 4.68 Å². The fourth-order valence-corrected chi connectivity index (χ4v) is 0.806. The normalized spacial score (nSPS) is 11.1. The molecule has 0 saturated heterocycles. The number of rotatable bonds is 1. The van der Waals surface area contributed by atoms with Crippen molar-refractivity contribution in [2.45, 2.75) is 26.4 Å². The van der Waals surface area contributed by atoms with Crippen molar-refractivity contribution in [3.05, 3.63) is 18.0 Å². The van der Waals surface area contributed by atoms with Crippen LogP contribution in [-0.4, -0.2) is 27.8 Å². The van der Waals surface area contributed by atoms with Crippen molar-refractivity contribution in [3.8, 4) is 0 Å². The van der Waals surface area contributed by atoms with Gasteiger partial charge in [0.15, 0.2) is 6.29 Å². The Morgan fingerprint density at radius 1 is 1.57 bits per heavy atom. The van der Waals surface area contributed by atoms with Crippen LogP contribution in [0, 0.1) is 0 Å². The van der Waals surface area contributed by atoms with E-state index in [2.05, 4.69) is 5.10 Å². The smallest absolute Gasteiger partial charge is 0.435 e. The monoisotopic (exact) mass is 196 g/mol. The third-order valence-corrected chi connectivity index (χ3v) is 1.32. The molecule has 0 bridgehead atoms. The van der Waals surface area contributed by atoms with Gasteiger partial charge in [0.25, 0.3) is 0 Å². The lowest BCUT2D eigenvalue weighted by molar-refractivity contribution is 0.0514. The van der Waals surface area contributed by atoms with Crippen LogP contribution in [0.15, 0.2) is 12.4 Å². The van der Waals surface area contributed by atoms with E-state index < -0.39 is 11.7 Å². The zero-order valence-electron chi connectivity index (χ0n) is 8.35. The van der Waals surface area contributed by atoms with E-state index in [1.54, 1.807) is 20.8 Å². The van der Waals surface area contributed by atoms with Crippen LogP contribution in [0.1, 0.15) is 31.1 Å². The van der Waals surface area contributed by atoms with Crippen molar-refractivity contribution < 1.29 is 14.3 Å². The third-order valence-electron chi connectivity index (χ3n) is 1.32. The molecule has 0 atom stereocenters. The predicted octanol–water partition coefficient (Wildman–Crippen LogP) is 1.48. The summed E-state index contributed by atoms with van der Waals surface area (Å²) in [7, 11) is 0. The largest absolute Gasteiger partial charge is 0.442 e. The van der Waals surface area contributed by atoms with Gasteiger partial charge in [-0.25, -0.2) is 4.79 Å². The molecule has 76 valence electrons. The van der Waals surface area contributed by atoms with Gasteiger partial charge in [-0.15, -0.1) is 0 Å². The number of carbonyl (C=O) groups excluding carboxylic acids is 2. The van der Waals surface area contributed by atoms with Gasteiger partial charge in [0.1, 0.15) is 5.60 Å². The van der Waals surface area contributed by atoms with Crippen molar-refractivity contribution in [1.82, 2.24) is 9.78 Å². The Labute approximate surface area is 81.7 Å². The van der Waals surface area contributed by atoms with E-state index in [9.17, 15) is 9.59 Å². The van der Waals surface area contributed by atoms with Crippen LogP contribution < -0.4 is 0 Å². The Bertz CT molecular complexity index is 349. The molecule has 0 aliphatic carbocycles. The van der Waals surface area contributed by atoms with Gasteiger partial charge in [0.05, 0.1) is 11.8 Å². The van der Waals surface area contributed by atoms with Gasteiger partial charge >= 0.3 is 6.09 Å². The Hall–Kier alpha value is -1.65. The van der Waals surface area contributed by atoms with Crippen molar-refractivity contribution >= 4 is 12.4 Å². The molecule has 0 N–H and O–H groups in total. The molecule has 1 heterocycles. The summed E-state index contributed by atoms with van der Waals surface area (Å²) in [6.07, 6.45) is 2.65. The lowest BCUT2D eigenvalue weighted by Crippen LogP contribution is -2.27. The minimum atomic E-state index is -0.592. The quantitative estimate of drug-likeness (QED) is 0.638. The van der Waals surface area contributed by atoms with Gasteiger partial charge in [-0.05, 0) is 20.8 Å². The van der Waals surface area contributed by atoms with Crippen LogP contribution in [0.3, 0.4) is 0 Å². The first-order valence-electron chi connectivity index (χ1n) is 4.15. The average Bonchev–Trinajstić information content (AvgIpc) is 2.48. The molecule has 1 aromatic heterocycles. The molecular formula is C9H12N2O3. The van der Waals surface area contributed by atoms with Crippen LogP contribution in [0.2, 0.25) is 0 Å². The maximum atomic E-state index is 11.4. The standard InChI is InChI=1S/C9H12N2O3/c1-9(2,3)14-8(13)11-5-7(6-12)4-10-11/h4-6H,1-3H3. The molecule has 0 aromatic carbocycles. The van der Waals surface area contributed by atoms with Crippen LogP contribution in [0.25, 0.3) is 0 Å². The molecule has 5 nitrogen and oxygen atoms in total. The second kappa shape index (κ2) is 3.61. The summed E-state index contributed by atoms with van der Waals surface area (Å²) in [5.74, 6) is 0. The van der Waals surface area contributed by atoms with E-state index in [0.29, 0.717) is 11.8 Å². The number of aromatic nitrogens is 2. The summed E-state index contributed by atoms with van der Waals surface area (Å²) in [4.78, 5) is 21.7. The van der Waals surface area contributed by atoms with Crippen molar-refractivity contribution in [1.29, 1.82) is 0 Å². The van der Waals surface area contributed by atoms with Crippen LogP contribution in [-0.2, 0) is 4.74 Å². The number of hydrogen-bond acceptors (Lipinski definition) is 4. The van der Waals surface area contributed by atoms with Gasteiger partial charge < -0.3 is 4.74 Å². The highest BCUT2D eigenvalue weighted by atomic mass is 16.6. The molecule has 14 heavy (non-hydrogen) atoms. The molecule has 0 fully saturated rings. The molecule has 0 unspecified atom stereocenters. The summed E-state index contributed by atoms with van der Waals surface area (Å²) >= 11 is 0. The fourth-order valence-electron chi connectivity index (χ4n) is 0.806. The lowest BCUT2D eigenvalue weighted by Gasteiger charge is -2.18. The van der Waals surface area contributed by atoms with Crippen molar-refractivity contribution in [2.75, 3.05) is 0 Å². The highest BCUT2D eigenvalue weighted by molar-refractivity contribution is 5.76. The molecule has 1 aromatic rings. The summed E-state index contributed by atoms with van der Waals surface area (Å²) in [6.45, 7) is 5.28. The Kier molecular flexibility index (Phi) is 2.69. The Balaban J connectivity index is 2.75. The van der Waals surface area contributed by atoms with Crippen LogP contribution in [0.5, 0.6) is 0 Å². The first kappa shape index (κ1) is 10.4. The molecule has 1 rings (SSSR count). The second-order valence-electron chi connectivity index (χ2n) is 3.82. The Morgan fingerprint density at radius 2 is 2.21 bits per heavy atom. The molecule has 0 spiro atoms. The highest BCUT2D eigenvalue weighted by Crippen LogP contribution is 2.08. The molecule has 0 saturated carbocycles. The number of carbonyl (C=O) groups is 2. The van der Waals surface area contributed by atoms with Gasteiger partial charge in [-0.1, -0.05) is 0 Å². The van der Waals surface area contributed by atoms with Gasteiger partial charge in [0.2, 0.25) is 0 Å². The van der Waals surface area contributed by atoms with Crippen molar-refractivity contribution in [2.24, 2.45) is 0 Å². The van der Waals surface area contributed by atoms with Crippen LogP contribution in [0.4, 0.5) is 4.79 Å². The maximum absolute atomic E-state index is 11.4. The third kappa shape index (κ3) is 2.69. The number of aldehydes is 1. The average molecular weight is 196 g/mol. The van der Waals surface area contributed by atoms with Crippen molar-refractivity contribution in [3.63, 3.8) is 0 Å². The molecular weight excluding hydrogens is 184 g/mol. The van der Waals surface area contributed by atoms with E-state index in [4.69, 9.17) is 4.74 Å². The summed E-state index contributed by atoms with van der Waals surface area (Å²) in [5, 5.41) is 3.68. The number of nitrogens with zero attached hydrogens (tertiary/aromatic N) is 2. The van der Waals surface area contributed by atoms with Gasteiger partial charge in [-0.3, -0.25) is 4.79 Å². The van der Waals surface area contributed by atoms with Gasteiger partial charge in [-0.2, -0.15) is 9.78 Å². The lowest BCUT2D eigenvalue weighted by atomic mass is 10.2. The van der Waals surface area contributed by atoms with E-state index >= 15 is 0 Å². The number of ether oxygens (including phenoxy) is 1. The van der Waals surface area contributed by atoms with E-state index in [1.807, 2.05) is 0 Å². The SMILES string of the molecule is CC(C)(C)OC(=O)n1cc(C=O)cn1. The minimum absolute atomic E-state index is 0.343. The molecule has 0 radical (unpaired) electrons. The Morgan fingerprint density at radius 3 is 2.64 bits per heavy atom. The first-order chi connectivity index (χ1) is 6.42. The highest BCUT2D eigenvalue weighted by Gasteiger charge is 2.18. The zero-order chi connectivity index (χ0) is 10.8. The molecule has 0 amide bonds. The van der Waals surface area contributed by atoms with E-state index in [-0.39, 0.29) is 0 Å². The molecule has 5 heteroatoms. The van der Waals surface area contributed by atoms with Crippen LogP contribution >= 0.6 is 0 Å².